The Morgan fingerprint density at radius 3 is 2.79 bits per heavy atom. The van der Waals surface area contributed by atoms with Crippen molar-refractivity contribution in [1.29, 1.82) is 0 Å². The van der Waals surface area contributed by atoms with E-state index in [0.717, 1.165) is 5.56 Å². The third kappa shape index (κ3) is 4.97. The Balaban J connectivity index is 1.83. The summed E-state index contributed by atoms with van der Waals surface area (Å²) < 4.78 is 11.2. The molecule has 2 aromatic rings. The third-order valence-corrected chi connectivity index (χ3v) is 4.88. The Hall–Kier alpha value is -2.70. The quantitative estimate of drug-likeness (QED) is 0.500. The molecule has 7 heteroatoms. The lowest BCUT2D eigenvalue weighted by Gasteiger charge is -2.11. The fourth-order valence-corrected chi connectivity index (χ4v) is 3.45. The minimum Gasteiger partial charge on any atom is -0.490 e. The van der Waals surface area contributed by atoms with Crippen LogP contribution in [0.2, 0.25) is 5.02 Å². The molecule has 1 aliphatic heterocycles. The van der Waals surface area contributed by atoms with Crippen molar-refractivity contribution in [2.24, 2.45) is 4.99 Å². The molecule has 2 aromatic carbocycles. The predicted octanol–water partition coefficient (Wildman–Crippen LogP) is 5.20. The number of amidine groups is 1. The van der Waals surface area contributed by atoms with Crippen molar-refractivity contribution < 1.29 is 14.3 Å². The number of hydrogen-bond donors (Lipinski definition) is 1. The van der Waals surface area contributed by atoms with E-state index in [1.807, 2.05) is 37.3 Å². The van der Waals surface area contributed by atoms with Gasteiger partial charge in [-0.3, -0.25) is 4.79 Å². The van der Waals surface area contributed by atoms with Gasteiger partial charge < -0.3 is 14.8 Å². The molecule has 0 radical (unpaired) electrons. The largest absolute Gasteiger partial charge is 0.490 e. The summed E-state index contributed by atoms with van der Waals surface area (Å²) in [6.07, 6.45) is 3.46. The van der Waals surface area contributed by atoms with E-state index in [1.165, 1.54) is 11.8 Å². The summed E-state index contributed by atoms with van der Waals surface area (Å²) in [6, 6.07) is 12.7. The van der Waals surface area contributed by atoms with Gasteiger partial charge in [-0.25, -0.2) is 4.99 Å². The van der Waals surface area contributed by atoms with Gasteiger partial charge in [-0.05, 0) is 54.6 Å². The maximum absolute atomic E-state index is 12.3. The molecule has 1 heterocycles. The highest BCUT2D eigenvalue weighted by Gasteiger charge is 2.24. The molecule has 3 rings (SSSR count). The number of aliphatic imine (C=N–C) groups is 1. The van der Waals surface area contributed by atoms with Crippen molar-refractivity contribution in [2.75, 3.05) is 13.2 Å². The van der Waals surface area contributed by atoms with E-state index in [1.54, 1.807) is 24.3 Å². The molecular formula is C21H19ClN2O3S. The Morgan fingerprint density at radius 2 is 2.04 bits per heavy atom. The number of rotatable bonds is 7. The molecular weight excluding hydrogens is 396 g/mol. The van der Waals surface area contributed by atoms with Gasteiger partial charge in [0.15, 0.2) is 16.7 Å². The molecule has 1 amide bonds. The summed E-state index contributed by atoms with van der Waals surface area (Å²) in [6.45, 7) is 6.45. The number of amides is 1. The number of nitrogens with zero attached hydrogens (tertiary/aromatic N) is 1. The fourth-order valence-electron chi connectivity index (χ4n) is 2.43. The number of benzene rings is 2. The SMILES string of the molecule is C=CCOc1ccc(/C=C2/SC(=Nc3ccccc3Cl)NC2=O)cc1OCC. The van der Waals surface area contributed by atoms with Crippen molar-refractivity contribution in [1.82, 2.24) is 5.32 Å². The molecule has 0 aliphatic carbocycles. The van der Waals surface area contributed by atoms with Gasteiger partial charge in [0.25, 0.3) is 5.91 Å². The van der Waals surface area contributed by atoms with E-state index >= 15 is 0 Å². The van der Waals surface area contributed by atoms with Crippen LogP contribution in [-0.2, 0) is 4.79 Å². The molecule has 144 valence electrons. The number of carbonyl (C=O) groups is 1. The topological polar surface area (TPSA) is 59.9 Å². The lowest BCUT2D eigenvalue weighted by Crippen LogP contribution is -2.19. The Morgan fingerprint density at radius 1 is 1.21 bits per heavy atom. The van der Waals surface area contributed by atoms with Gasteiger partial charge in [0.05, 0.1) is 22.2 Å². The predicted molar refractivity (Wildman–Crippen MR) is 116 cm³/mol. The average molecular weight is 415 g/mol. The summed E-state index contributed by atoms with van der Waals surface area (Å²) in [4.78, 5) is 17.3. The lowest BCUT2D eigenvalue weighted by molar-refractivity contribution is -0.115. The normalized spacial score (nSPS) is 16.3. The first-order chi connectivity index (χ1) is 13.6. The van der Waals surface area contributed by atoms with Crippen molar-refractivity contribution in [3.8, 4) is 11.5 Å². The van der Waals surface area contributed by atoms with E-state index in [-0.39, 0.29) is 5.91 Å². The summed E-state index contributed by atoms with van der Waals surface area (Å²) in [7, 11) is 0. The van der Waals surface area contributed by atoms with Crippen LogP contribution in [0.1, 0.15) is 12.5 Å². The highest BCUT2D eigenvalue weighted by atomic mass is 35.5. The Bertz CT molecular complexity index is 956. The maximum atomic E-state index is 12.3. The average Bonchev–Trinajstić information content (AvgIpc) is 3.02. The van der Waals surface area contributed by atoms with Crippen LogP contribution in [0.15, 0.2) is 65.0 Å². The van der Waals surface area contributed by atoms with E-state index < -0.39 is 0 Å². The van der Waals surface area contributed by atoms with Gasteiger partial charge in [-0.2, -0.15) is 0 Å². The molecule has 1 aliphatic rings. The van der Waals surface area contributed by atoms with E-state index in [4.69, 9.17) is 21.1 Å². The van der Waals surface area contributed by atoms with Crippen molar-refractivity contribution in [3.63, 3.8) is 0 Å². The fraction of sp³-hybridized carbons (Fsp3) is 0.143. The van der Waals surface area contributed by atoms with E-state index in [9.17, 15) is 4.79 Å². The number of nitrogens with one attached hydrogen (secondary N) is 1. The van der Waals surface area contributed by atoms with E-state index in [2.05, 4.69) is 16.9 Å². The molecule has 0 unspecified atom stereocenters. The van der Waals surface area contributed by atoms with Crippen LogP contribution in [0, 0.1) is 0 Å². The molecule has 0 atom stereocenters. The first kappa shape index (κ1) is 20.0. The molecule has 0 aromatic heterocycles. The molecule has 0 saturated carbocycles. The molecule has 28 heavy (non-hydrogen) atoms. The summed E-state index contributed by atoms with van der Waals surface area (Å²) in [5.74, 6) is 1.04. The smallest absolute Gasteiger partial charge is 0.264 e. The summed E-state index contributed by atoms with van der Waals surface area (Å²) in [5.41, 5.74) is 1.43. The van der Waals surface area contributed by atoms with Crippen LogP contribution >= 0.6 is 23.4 Å². The summed E-state index contributed by atoms with van der Waals surface area (Å²) >= 11 is 7.39. The van der Waals surface area contributed by atoms with Crippen LogP contribution in [0.4, 0.5) is 5.69 Å². The first-order valence-electron chi connectivity index (χ1n) is 8.65. The lowest BCUT2D eigenvalue weighted by atomic mass is 10.2. The second-order valence-corrected chi connectivity index (χ2v) is 7.11. The highest BCUT2D eigenvalue weighted by molar-refractivity contribution is 8.18. The number of carbonyl (C=O) groups excluding carboxylic acids is 1. The van der Waals surface area contributed by atoms with E-state index in [0.29, 0.717) is 45.5 Å². The monoisotopic (exact) mass is 414 g/mol. The second kappa shape index (κ2) is 9.48. The number of hydrogen-bond acceptors (Lipinski definition) is 5. The zero-order valence-electron chi connectivity index (χ0n) is 15.3. The van der Waals surface area contributed by atoms with Crippen molar-refractivity contribution in [3.05, 3.63) is 70.6 Å². The van der Waals surface area contributed by atoms with Crippen molar-refractivity contribution in [2.45, 2.75) is 6.92 Å². The Kier molecular flexibility index (Phi) is 6.79. The summed E-state index contributed by atoms with van der Waals surface area (Å²) in [5, 5.41) is 3.77. The molecule has 1 fully saturated rings. The molecule has 0 spiro atoms. The zero-order chi connectivity index (χ0) is 19.9. The molecule has 5 nitrogen and oxygen atoms in total. The molecule has 1 N–H and O–H groups in total. The van der Waals surface area contributed by atoms with Gasteiger partial charge in [-0.1, -0.05) is 42.5 Å². The molecule has 0 bridgehead atoms. The number of ether oxygens (including phenoxy) is 2. The number of thioether (sulfide) groups is 1. The van der Waals surface area contributed by atoms with Gasteiger partial charge >= 0.3 is 0 Å². The Labute approximate surface area is 173 Å². The molecule has 1 saturated heterocycles. The van der Waals surface area contributed by atoms with Crippen LogP contribution in [0.25, 0.3) is 6.08 Å². The zero-order valence-corrected chi connectivity index (χ0v) is 16.8. The first-order valence-corrected chi connectivity index (χ1v) is 9.84. The van der Waals surface area contributed by atoms with Crippen LogP contribution in [0.5, 0.6) is 11.5 Å². The van der Waals surface area contributed by atoms with Gasteiger partial charge in [-0.15, -0.1) is 0 Å². The van der Waals surface area contributed by atoms with Gasteiger partial charge in [0.2, 0.25) is 0 Å². The van der Waals surface area contributed by atoms with Crippen molar-refractivity contribution >= 4 is 46.2 Å². The second-order valence-electron chi connectivity index (χ2n) is 5.67. The minimum atomic E-state index is -0.208. The third-order valence-electron chi connectivity index (χ3n) is 3.65. The van der Waals surface area contributed by atoms with Crippen LogP contribution in [-0.4, -0.2) is 24.3 Å². The highest BCUT2D eigenvalue weighted by Crippen LogP contribution is 2.33. The van der Waals surface area contributed by atoms with Gasteiger partial charge in [0.1, 0.15) is 6.61 Å². The van der Waals surface area contributed by atoms with Crippen LogP contribution < -0.4 is 14.8 Å². The number of halogens is 1. The maximum Gasteiger partial charge on any atom is 0.264 e. The minimum absolute atomic E-state index is 0.208. The standard InChI is InChI=1S/C21H19ClN2O3S/c1-3-11-27-17-10-9-14(12-18(17)26-4-2)13-19-20(25)24-21(28-19)23-16-8-6-5-7-15(16)22/h3,5-10,12-13H,1,4,11H2,2H3,(H,23,24,25)/b19-13+. The van der Waals surface area contributed by atoms with Crippen LogP contribution in [0.3, 0.4) is 0 Å². The van der Waals surface area contributed by atoms with Gasteiger partial charge in [0, 0.05) is 0 Å². The number of para-hydroxylation sites is 1.